The second kappa shape index (κ2) is 12.3. The number of carbonyl (C=O) groups is 1. The summed E-state index contributed by atoms with van der Waals surface area (Å²) in [5.74, 6) is -3.53. The van der Waals surface area contributed by atoms with Crippen molar-refractivity contribution in [3.8, 4) is 5.75 Å². The van der Waals surface area contributed by atoms with Crippen molar-refractivity contribution < 1.29 is 32.9 Å². The van der Waals surface area contributed by atoms with Gasteiger partial charge < -0.3 is 30.1 Å². The molecule has 40 heavy (non-hydrogen) atoms. The van der Waals surface area contributed by atoms with E-state index in [4.69, 9.17) is 4.74 Å². The van der Waals surface area contributed by atoms with Gasteiger partial charge in [-0.1, -0.05) is 0 Å². The van der Waals surface area contributed by atoms with Crippen LogP contribution in [0.15, 0.2) is 36.5 Å². The van der Waals surface area contributed by atoms with Gasteiger partial charge in [0.15, 0.2) is 11.6 Å². The molecule has 1 saturated heterocycles. The third-order valence-corrected chi connectivity index (χ3v) is 7.81. The van der Waals surface area contributed by atoms with Crippen LogP contribution in [-0.2, 0) is 4.79 Å². The first-order valence-electron chi connectivity index (χ1n) is 13.2. The maximum atomic E-state index is 13.9. The maximum absolute atomic E-state index is 13.9. The van der Waals surface area contributed by atoms with Crippen molar-refractivity contribution in [1.29, 1.82) is 0 Å². The van der Waals surface area contributed by atoms with E-state index in [-0.39, 0.29) is 25.1 Å². The minimum Gasteiger partial charge on any atom is -0.497 e. The molecule has 216 valence electrons. The molecule has 3 N–H and O–H groups in total. The molecular weight excluding hydrogens is 525 g/mol. The third-order valence-electron chi connectivity index (χ3n) is 7.81. The Hall–Kier alpha value is -3.57. The van der Waals surface area contributed by atoms with Gasteiger partial charge in [-0.2, -0.15) is 0 Å². The lowest BCUT2D eigenvalue weighted by atomic mass is 9.74. The van der Waals surface area contributed by atoms with E-state index in [1.54, 1.807) is 19.4 Å². The first kappa shape index (κ1) is 29.4. The van der Waals surface area contributed by atoms with Crippen LogP contribution in [0.25, 0.3) is 10.9 Å². The number of rotatable bonds is 11. The largest absolute Gasteiger partial charge is 0.497 e. The Morgan fingerprint density at radius 2 is 1.93 bits per heavy atom. The number of likely N-dealkylation sites (tertiary alicyclic amines) is 1. The average Bonchev–Trinajstić information content (AvgIpc) is 2.93. The van der Waals surface area contributed by atoms with Gasteiger partial charge in [0, 0.05) is 50.3 Å². The van der Waals surface area contributed by atoms with E-state index < -0.39 is 34.9 Å². The number of aliphatic hydroxyl groups excluding tert-OH is 1. The molecule has 1 fully saturated rings. The van der Waals surface area contributed by atoms with Crippen LogP contribution in [-0.4, -0.2) is 73.5 Å². The van der Waals surface area contributed by atoms with Crippen LogP contribution < -0.4 is 15.0 Å². The van der Waals surface area contributed by atoms with Gasteiger partial charge in [0.05, 0.1) is 41.7 Å². The van der Waals surface area contributed by atoms with E-state index in [1.807, 2.05) is 36.0 Å². The van der Waals surface area contributed by atoms with Crippen molar-refractivity contribution in [2.24, 2.45) is 5.41 Å². The molecule has 1 aliphatic heterocycles. The number of ether oxygens (including phenoxy) is 1. The molecule has 0 bridgehead atoms. The molecule has 2 heterocycles. The highest BCUT2D eigenvalue weighted by molar-refractivity contribution is 5.88. The summed E-state index contributed by atoms with van der Waals surface area (Å²) in [6.07, 6.45) is 2.07. The van der Waals surface area contributed by atoms with Gasteiger partial charge >= 0.3 is 5.97 Å². The summed E-state index contributed by atoms with van der Waals surface area (Å²) >= 11 is 0. The van der Waals surface area contributed by atoms with E-state index in [1.165, 1.54) is 0 Å². The first-order chi connectivity index (χ1) is 19.0. The number of aliphatic carboxylic acids is 1. The quantitative estimate of drug-likeness (QED) is 0.287. The Morgan fingerprint density at radius 3 is 2.58 bits per heavy atom. The second-order valence-corrected chi connectivity index (χ2v) is 10.5. The highest BCUT2D eigenvalue weighted by Crippen LogP contribution is 2.41. The number of hydrogen-bond acceptors (Lipinski definition) is 7. The van der Waals surface area contributed by atoms with Gasteiger partial charge in [-0.25, -0.2) is 13.2 Å². The normalized spacial score (nSPS) is 16.1. The van der Waals surface area contributed by atoms with Crippen LogP contribution in [0.1, 0.15) is 37.4 Å². The number of carboxylic acids is 1. The van der Waals surface area contributed by atoms with E-state index in [2.05, 4.69) is 10.3 Å². The Balaban J connectivity index is 1.41. The van der Waals surface area contributed by atoms with Gasteiger partial charge in [0.25, 0.3) is 0 Å². The number of halogens is 3. The summed E-state index contributed by atoms with van der Waals surface area (Å²) in [6, 6.07) is 6.85. The molecular formula is C29H35F3N4O4. The Morgan fingerprint density at radius 1 is 1.20 bits per heavy atom. The number of aromatic nitrogens is 1. The molecule has 0 saturated carbocycles. The molecule has 11 heteroatoms. The number of carboxylic acid groups (broad SMARTS) is 1. The molecule has 4 rings (SSSR count). The number of benzene rings is 2. The summed E-state index contributed by atoms with van der Waals surface area (Å²) in [7, 11) is 5.29. The fraction of sp³-hybridized carbons (Fsp3) is 0.448. The smallest absolute Gasteiger partial charge is 0.309 e. The zero-order valence-electron chi connectivity index (χ0n) is 22.9. The number of piperidine rings is 1. The third kappa shape index (κ3) is 6.26. The Labute approximate surface area is 231 Å². The topological polar surface area (TPSA) is 98.2 Å². The summed E-state index contributed by atoms with van der Waals surface area (Å²) in [4.78, 5) is 20.9. The molecule has 0 aliphatic carbocycles. The average molecular weight is 561 g/mol. The summed E-state index contributed by atoms with van der Waals surface area (Å²) < 4.78 is 46.1. The maximum Gasteiger partial charge on any atom is 0.309 e. The standard InChI is InChI=1S/C29H35F3N4O4/c1-35(2)24-17-34-22-5-4-19(40-3)16-20(22)26(24)25(37)6-7-29(28(38)39)8-11-36(12-9-29)13-10-33-23-15-18(30)14-21(31)27(23)32/h4-5,14-17,25,33,37H,6-13H2,1-3H3,(H,38,39). The summed E-state index contributed by atoms with van der Waals surface area (Å²) in [5.41, 5.74) is 0.882. The molecule has 1 atom stereocenters. The van der Waals surface area contributed by atoms with Crippen molar-refractivity contribution in [2.75, 3.05) is 57.6 Å². The van der Waals surface area contributed by atoms with Crippen LogP contribution >= 0.6 is 0 Å². The zero-order chi connectivity index (χ0) is 29.0. The van der Waals surface area contributed by atoms with Crippen molar-refractivity contribution >= 4 is 28.2 Å². The van der Waals surface area contributed by atoms with Crippen LogP contribution in [0, 0.1) is 22.9 Å². The van der Waals surface area contributed by atoms with Gasteiger partial charge in [0.2, 0.25) is 0 Å². The second-order valence-electron chi connectivity index (χ2n) is 10.5. The van der Waals surface area contributed by atoms with Crippen LogP contribution in [0.2, 0.25) is 0 Å². The molecule has 0 amide bonds. The van der Waals surface area contributed by atoms with Crippen molar-refractivity contribution in [1.82, 2.24) is 9.88 Å². The highest BCUT2D eigenvalue weighted by Gasteiger charge is 2.41. The number of aliphatic hydroxyl groups is 1. The van der Waals surface area contributed by atoms with E-state index in [0.717, 1.165) is 17.1 Å². The zero-order valence-corrected chi connectivity index (χ0v) is 22.9. The van der Waals surface area contributed by atoms with Crippen molar-refractivity contribution in [2.45, 2.75) is 31.8 Å². The fourth-order valence-electron chi connectivity index (χ4n) is 5.38. The van der Waals surface area contributed by atoms with Gasteiger partial charge in [-0.3, -0.25) is 9.78 Å². The molecule has 8 nitrogen and oxygen atoms in total. The summed E-state index contributed by atoms with van der Waals surface area (Å²) in [5, 5.41) is 25.0. The molecule has 3 aromatic rings. The van der Waals surface area contributed by atoms with E-state index in [0.29, 0.717) is 55.4 Å². The van der Waals surface area contributed by atoms with Crippen LogP contribution in [0.4, 0.5) is 24.5 Å². The van der Waals surface area contributed by atoms with Gasteiger partial charge in [0.1, 0.15) is 11.6 Å². The molecule has 0 radical (unpaired) electrons. The number of hydrogen-bond donors (Lipinski definition) is 3. The molecule has 2 aromatic carbocycles. The van der Waals surface area contributed by atoms with Crippen LogP contribution in [0.5, 0.6) is 5.75 Å². The minimum atomic E-state index is -1.26. The number of nitrogens with one attached hydrogen (secondary N) is 1. The number of pyridine rings is 1. The lowest BCUT2D eigenvalue weighted by Crippen LogP contribution is -2.45. The lowest BCUT2D eigenvalue weighted by molar-refractivity contribution is -0.153. The van der Waals surface area contributed by atoms with E-state index in [9.17, 15) is 28.2 Å². The summed E-state index contributed by atoms with van der Waals surface area (Å²) in [6.45, 7) is 1.67. The van der Waals surface area contributed by atoms with Gasteiger partial charge in [-0.15, -0.1) is 0 Å². The minimum absolute atomic E-state index is 0.241. The molecule has 1 aromatic heterocycles. The molecule has 1 aliphatic rings. The molecule has 1 unspecified atom stereocenters. The number of anilines is 2. The predicted molar refractivity (Wildman–Crippen MR) is 147 cm³/mol. The SMILES string of the molecule is COc1ccc2ncc(N(C)C)c(C(O)CCC3(C(=O)O)CCN(CCNc4cc(F)cc(F)c4F)CC3)c2c1. The highest BCUT2D eigenvalue weighted by atomic mass is 19.2. The Bertz CT molecular complexity index is 1360. The Kier molecular flexibility index (Phi) is 9.05. The first-order valence-corrected chi connectivity index (χ1v) is 13.2. The van der Waals surface area contributed by atoms with Crippen LogP contribution in [0.3, 0.4) is 0 Å². The number of methoxy groups -OCH3 is 1. The van der Waals surface area contributed by atoms with Crippen molar-refractivity contribution in [3.05, 3.63) is 59.5 Å². The van der Waals surface area contributed by atoms with Crippen molar-refractivity contribution in [3.63, 3.8) is 0 Å². The number of fused-ring (bicyclic) bond motifs is 1. The number of nitrogens with zero attached hydrogens (tertiary/aromatic N) is 3. The fourth-order valence-corrected chi connectivity index (χ4v) is 5.38. The predicted octanol–water partition coefficient (Wildman–Crippen LogP) is 4.82. The monoisotopic (exact) mass is 560 g/mol. The lowest BCUT2D eigenvalue weighted by Gasteiger charge is -2.39. The van der Waals surface area contributed by atoms with E-state index >= 15 is 0 Å². The van der Waals surface area contributed by atoms with Gasteiger partial charge in [-0.05, 0) is 57.0 Å². The molecule has 0 spiro atoms.